The van der Waals surface area contributed by atoms with Gasteiger partial charge in [0.1, 0.15) is 11.3 Å². The van der Waals surface area contributed by atoms with Crippen molar-refractivity contribution in [2.75, 3.05) is 11.9 Å². The van der Waals surface area contributed by atoms with Gasteiger partial charge in [0.15, 0.2) is 12.2 Å². The molecule has 1 amide bonds. The van der Waals surface area contributed by atoms with Crippen molar-refractivity contribution in [1.82, 2.24) is 4.98 Å². The number of hydrogen-bond donors (Lipinski definition) is 1. The third-order valence-electron chi connectivity index (χ3n) is 5.52. The van der Waals surface area contributed by atoms with Crippen LogP contribution in [0, 0.1) is 6.92 Å². The van der Waals surface area contributed by atoms with E-state index in [1.807, 2.05) is 49.4 Å². The van der Waals surface area contributed by atoms with E-state index in [2.05, 4.69) is 24.1 Å². The summed E-state index contributed by atoms with van der Waals surface area (Å²) in [5.41, 5.74) is 4.96. The van der Waals surface area contributed by atoms with Crippen LogP contribution < -0.4 is 10.1 Å². The zero-order valence-corrected chi connectivity index (χ0v) is 19.1. The molecular weight excluding hydrogens is 424 g/mol. The predicted molar refractivity (Wildman–Crippen MR) is 128 cm³/mol. The molecule has 1 atom stereocenters. The summed E-state index contributed by atoms with van der Waals surface area (Å²) in [7, 11) is 0. The maximum atomic E-state index is 12.3. The number of oxazole rings is 1. The zero-order valence-electron chi connectivity index (χ0n) is 18.3. The minimum Gasteiger partial charge on any atom is -0.484 e. The average molecular weight is 449 g/mol. The largest absolute Gasteiger partial charge is 0.484 e. The molecule has 0 saturated carbocycles. The Kier molecular flexibility index (Phi) is 6.47. The standard InChI is InChI=1S/C26H25ClN2O3/c1-4-16(2)18-7-10-21(11-8-18)31-15-25(30)28-20-9-12-24-23(14-20)29-26(32-24)19-6-5-17(3)22(27)13-19/h5-14,16H,4,15H2,1-3H3,(H,28,30)/t16-/m0/s1. The lowest BCUT2D eigenvalue weighted by Gasteiger charge is -2.11. The summed E-state index contributed by atoms with van der Waals surface area (Å²) in [6.45, 7) is 6.22. The first-order chi connectivity index (χ1) is 15.4. The van der Waals surface area contributed by atoms with Crippen LogP contribution in [0.2, 0.25) is 5.02 Å². The third kappa shape index (κ3) is 4.94. The molecule has 0 aliphatic carbocycles. The number of nitrogens with one attached hydrogen (secondary N) is 1. The van der Waals surface area contributed by atoms with Crippen LogP contribution in [0.15, 0.2) is 65.1 Å². The topological polar surface area (TPSA) is 64.4 Å². The molecule has 0 spiro atoms. The lowest BCUT2D eigenvalue weighted by atomic mass is 9.99. The van der Waals surface area contributed by atoms with E-state index in [0.29, 0.717) is 39.4 Å². The predicted octanol–water partition coefficient (Wildman–Crippen LogP) is 6.99. The van der Waals surface area contributed by atoms with E-state index < -0.39 is 0 Å². The van der Waals surface area contributed by atoms with Gasteiger partial charge >= 0.3 is 0 Å². The van der Waals surface area contributed by atoms with Gasteiger partial charge < -0.3 is 14.5 Å². The molecule has 1 heterocycles. The lowest BCUT2D eigenvalue weighted by molar-refractivity contribution is -0.118. The number of amides is 1. The summed E-state index contributed by atoms with van der Waals surface area (Å²) in [5.74, 6) is 1.40. The molecule has 4 rings (SSSR count). The maximum Gasteiger partial charge on any atom is 0.262 e. The number of rotatable bonds is 7. The average Bonchev–Trinajstić information content (AvgIpc) is 3.23. The second-order valence-electron chi connectivity index (χ2n) is 7.88. The van der Waals surface area contributed by atoms with Crippen LogP contribution in [0.5, 0.6) is 5.75 Å². The number of nitrogens with zero attached hydrogens (tertiary/aromatic N) is 1. The molecule has 0 aliphatic heterocycles. The van der Waals surface area contributed by atoms with Crippen molar-refractivity contribution in [2.24, 2.45) is 0 Å². The molecule has 0 unspecified atom stereocenters. The molecule has 0 saturated heterocycles. The van der Waals surface area contributed by atoms with E-state index in [4.69, 9.17) is 20.8 Å². The lowest BCUT2D eigenvalue weighted by Crippen LogP contribution is -2.20. The van der Waals surface area contributed by atoms with Crippen molar-refractivity contribution in [3.63, 3.8) is 0 Å². The van der Waals surface area contributed by atoms with Crippen LogP contribution >= 0.6 is 11.6 Å². The highest BCUT2D eigenvalue weighted by molar-refractivity contribution is 6.31. The van der Waals surface area contributed by atoms with Crippen molar-refractivity contribution in [2.45, 2.75) is 33.1 Å². The van der Waals surface area contributed by atoms with Crippen molar-refractivity contribution in [3.05, 3.63) is 76.8 Å². The number of carbonyl (C=O) groups excluding carboxylic acids is 1. The van der Waals surface area contributed by atoms with Gasteiger partial charge in [0.25, 0.3) is 5.91 Å². The van der Waals surface area contributed by atoms with Gasteiger partial charge in [-0.15, -0.1) is 0 Å². The number of benzene rings is 3. The fraction of sp³-hybridized carbons (Fsp3) is 0.231. The Morgan fingerprint density at radius 2 is 1.91 bits per heavy atom. The van der Waals surface area contributed by atoms with Gasteiger partial charge in [-0.1, -0.05) is 43.6 Å². The molecule has 0 fully saturated rings. The first kappa shape index (κ1) is 21.9. The third-order valence-corrected chi connectivity index (χ3v) is 5.93. The van der Waals surface area contributed by atoms with Crippen LogP contribution in [0.1, 0.15) is 37.3 Å². The number of fused-ring (bicyclic) bond motifs is 1. The molecule has 0 radical (unpaired) electrons. The summed E-state index contributed by atoms with van der Waals surface area (Å²) in [4.78, 5) is 16.9. The van der Waals surface area contributed by atoms with Crippen molar-refractivity contribution >= 4 is 34.3 Å². The number of halogens is 1. The number of aryl methyl sites for hydroxylation is 1. The van der Waals surface area contributed by atoms with E-state index in [9.17, 15) is 4.79 Å². The number of anilines is 1. The maximum absolute atomic E-state index is 12.3. The van der Waals surface area contributed by atoms with E-state index >= 15 is 0 Å². The Labute approximate surface area is 192 Å². The highest BCUT2D eigenvalue weighted by Crippen LogP contribution is 2.29. The molecular formula is C26H25ClN2O3. The molecule has 0 bridgehead atoms. The van der Waals surface area contributed by atoms with Crippen molar-refractivity contribution in [1.29, 1.82) is 0 Å². The fourth-order valence-electron chi connectivity index (χ4n) is 3.33. The second-order valence-corrected chi connectivity index (χ2v) is 8.29. The minimum atomic E-state index is -0.246. The zero-order chi connectivity index (χ0) is 22.7. The molecule has 1 aromatic heterocycles. The summed E-state index contributed by atoms with van der Waals surface area (Å²) < 4.78 is 11.5. The van der Waals surface area contributed by atoms with Gasteiger partial charge in [-0.25, -0.2) is 4.98 Å². The molecule has 164 valence electrons. The van der Waals surface area contributed by atoms with Gasteiger partial charge in [-0.2, -0.15) is 0 Å². The summed E-state index contributed by atoms with van der Waals surface area (Å²) in [6.07, 6.45) is 1.08. The van der Waals surface area contributed by atoms with Gasteiger partial charge in [-0.3, -0.25) is 4.79 Å². The minimum absolute atomic E-state index is 0.0767. The van der Waals surface area contributed by atoms with Crippen molar-refractivity contribution in [3.8, 4) is 17.2 Å². The van der Waals surface area contributed by atoms with E-state index in [0.717, 1.165) is 17.5 Å². The van der Waals surface area contributed by atoms with E-state index in [1.165, 1.54) is 5.56 Å². The highest BCUT2D eigenvalue weighted by Gasteiger charge is 2.12. The van der Waals surface area contributed by atoms with Crippen LogP contribution in [-0.4, -0.2) is 17.5 Å². The number of ether oxygens (including phenoxy) is 1. The number of hydrogen-bond acceptors (Lipinski definition) is 4. The quantitative estimate of drug-likeness (QED) is 0.331. The Bertz CT molecular complexity index is 1250. The molecule has 6 heteroatoms. The summed E-state index contributed by atoms with van der Waals surface area (Å²) in [5, 5.41) is 3.50. The van der Waals surface area contributed by atoms with Gasteiger partial charge in [0.05, 0.1) is 0 Å². The Morgan fingerprint density at radius 1 is 1.12 bits per heavy atom. The first-order valence-corrected chi connectivity index (χ1v) is 11.0. The van der Waals surface area contributed by atoms with E-state index in [-0.39, 0.29) is 12.5 Å². The smallest absolute Gasteiger partial charge is 0.262 e. The summed E-state index contributed by atoms with van der Waals surface area (Å²) >= 11 is 6.22. The number of carbonyl (C=O) groups is 1. The molecule has 0 aliphatic rings. The molecule has 3 aromatic carbocycles. The summed E-state index contributed by atoms with van der Waals surface area (Å²) in [6, 6.07) is 18.9. The van der Waals surface area contributed by atoms with Crippen LogP contribution in [0.25, 0.3) is 22.6 Å². The molecule has 4 aromatic rings. The monoisotopic (exact) mass is 448 g/mol. The van der Waals surface area contributed by atoms with Crippen LogP contribution in [0.3, 0.4) is 0 Å². The number of aromatic nitrogens is 1. The molecule has 32 heavy (non-hydrogen) atoms. The van der Waals surface area contributed by atoms with Crippen LogP contribution in [0.4, 0.5) is 5.69 Å². The van der Waals surface area contributed by atoms with Crippen LogP contribution in [-0.2, 0) is 4.79 Å². The Morgan fingerprint density at radius 3 is 2.62 bits per heavy atom. The SMILES string of the molecule is CC[C@H](C)c1ccc(OCC(=O)Nc2ccc3oc(-c4ccc(C)c(Cl)c4)nc3c2)cc1. The highest BCUT2D eigenvalue weighted by atomic mass is 35.5. The Balaban J connectivity index is 1.40. The molecule has 5 nitrogen and oxygen atoms in total. The van der Waals surface area contributed by atoms with Gasteiger partial charge in [-0.05, 0) is 72.9 Å². The second kappa shape index (κ2) is 9.45. The first-order valence-electron chi connectivity index (χ1n) is 10.6. The molecule has 1 N–H and O–H groups in total. The van der Waals surface area contributed by atoms with E-state index in [1.54, 1.807) is 18.2 Å². The van der Waals surface area contributed by atoms with Gasteiger partial charge in [0.2, 0.25) is 5.89 Å². The van der Waals surface area contributed by atoms with Crippen molar-refractivity contribution < 1.29 is 13.9 Å². The van der Waals surface area contributed by atoms with Gasteiger partial charge in [0, 0.05) is 16.3 Å². The Hall–Kier alpha value is -3.31. The normalized spacial score (nSPS) is 12.0. The fourth-order valence-corrected chi connectivity index (χ4v) is 3.51.